The summed E-state index contributed by atoms with van der Waals surface area (Å²) in [6.07, 6.45) is 1.48. The molecule has 6 heteroatoms. The summed E-state index contributed by atoms with van der Waals surface area (Å²) >= 11 is 0. The van der Waals surface area contributed by atoms with E-state index in [1.165, 1.54) is 0 Å². The fraction of sp³-hybridized carbons (Fsp3) is 0.444. The van der Waals surface area contributed by atoms with Gasteiger partial charge >= 0.3 is 0 Å². The Morgan fingerprint density at radius 1 is 1.53 bits per heavy atom. The summed E-state index contributed by atoms with van der Waals surface area (Å²) in [5.74, 6) is 1.19. The van der Waals surface area contributed by atoms with Crippen LogP contribution in [0, 0.1) is 0 Å². The lowest BCUT2D eigenvalue weighted by atomic mass is 10.2. The highest BCUT2D eigenvalue weighted by Crippen LogP contribution is 2.08. The van der Waals surface area contributed by atoms with E-state index in [4.69, 9.17) is 5.73 Å². The molecule has 1 aromatic rings. The van der Waals surface area contributed by atoms with Gasteiger partial charge in [0.05, 0.1) is 0 Å². The van der Waals surface area contributed by atoms with E-state index in [2.05, 4.69) is 20.8 Å². The summed E-state index contributed by atoms with van der Waals surface area (Å²) in [5.41, 5.74) is 5.40. The van der Waals surface area contributed by atoms with E-state index in [1.807, 2.05) is 0 Å². The normalized spacial score (nSPS) is 20.0. The summed E-state index contributed by atoms with van der Waals surface area (Å²) in [7, 11) is 0. The van der Waals surface area contributed by atoms with Gasteiger partial charge in [-0.15, -0.1) is 10.2 Å². The highest BCUT2D eigenvalue weighted by Gasteiger charge is 2.20. The number of rotatable bonds is 3. The molecule has 1 amide bonds. The minimum Gasteiger partial charge on any atom is -0.382 e. The van der Waals surface area contributed by atoms with E-state index in [0.717, 1.165) is 6.42 Å². The largest absolute Gasteiger partial charge is 0.382 e. The number of carbonyl (C=O) groups excluding carboxylic acids is 1. The molecule has 1 saturated heterocycles. The fourth-order valence-corrected chi connectivity index (χ4v) is 1.50. The molecule has 1 aliphatic rings. The number of nitrogens with zero attached hydrogens (tertiary/aromatic N) is 2. The molecule has 4 N–H and O–H groups in total. The Morgan fingerprint density at radius 2 is 2.40 bits per heavy atom. The number of carbonyl (C=O) groups is 1. The summed E-state index contributed by atoms with van der Waals surface area (Å²) in [6, 6.07) is 3.64. The zero-order valence-electron chi connectivity index (χ0n) is 8.23. The summed E-state index contributed by atoms with van der Waals surface area (Å²) in [4.78, 5) is 10.9. The van der Waals surface area contributed by atoms with E-state index in [0.29, 0.717) is 24.6 Å². The Bertz CT molecular complexity index is 350. The Morgan fingerprint density at radius 3 is 3.00 bits per heavy atom. The second-order valence-electron chi connectivity index (χ2n) is 3.53. The summed E-state index contributed by atoms with van der Waals surface area (Å²) in [6.45, 7) is 0.671. The SMILES string of the molecule is Nc1ccc(NCC2CCC(=O)N2)nn1. The molecule has 6 nitrogen and oxygen atoms in total. The predicted molar refractivity (Wildman–Crippen MR) is 56.1 cm³/mol. The molecule has 2 heterocycles. The molecule has 0 aliphatic carbocycles. The molecule has 0 aromatic carbocycles. The van der Waals surface area contributed by atoms with Crippen LogP contribution in [0.5, 0.6) is 0 Å². The van der Waals surface area contributed by atoms with Crippen LogP contribution < -0.4 is 16.4 Å². The number of aromatic nitrogens is 2. The van der Waals surface area contributed by atoms with Crippen LogP contribution in [0.3, 0.4) is 0 Å². The molecule has 0 spiro atoms. The average molecular weight is 207 g/mol. The molecule has 80 valence electrons. The Kier molecular flexibility index (Phi) is 2.66. The lowest BCUT2D eigenvalue weighted by Gasteiger charge is -2.10. The van der Waals surface area contributed by atoms with Crippen LogP contribution in [0.25, 0.3) is 0 Å². The van der Waals surface area contributed by atoms with Crippen molar-refractivity contribution in [3.8, 4) is 0 Å². The van der Waals surface area contributed by atoms with Gasteiger partial charge in [-0.2, -0.15) is 0 Å². The second-order valence-corrected chi connectivity index (χ2v) is 3.53. The molecule has 1 aromatic heterocycles. The van der Waals surface area contributed by atoms with Gasteiger partial charge < -0.3 is 16.4 Å². The minimum atomic E-state index is 0.116. The van der Waals surface area contributed by atoms with Gasteiger partial charge in [-0.05, 0) is 18.6 Å². The van der Waals surface area contributed by atoms with Gasteiger partial charge in [0.25, 0.3) is 0 Å². The number of nitrogens with two attached hydrogens (primary N) is 1. The first kappa shape index (κ1) is 9.70. The van der Waals surface area contributed by atoms with Crippen molar-refractivity contribution in [3.63, 3.8) is 0 Å². The molecule has 15 heavy (non-hydrogen) atoms. The average Bonchev–Trinajstić information content (AvgIpc) is 2.64. The molecule has 0 bridgehead atoms. The predicted octanol–water partition coefficient (Wildman–Crippen LogP) is -0.251. The lowest BCUT2D eigenvalue weighted by Crippen LogP contribution is -2.32. The Labute approximate surface area is 87.3 Å². The molecule has 0 saturated carbocycles. The lowest BCUT2D eigenvalue weighted by molar-refractivity contribution is -0.119. The van der Waals surface area contributed by atoms with E-state index < -0.39 is 0 Å². The first-order chi connectivity index (χ1) is 7.24. The highest BCUT2D eigenvalue weighted by molar-refractivity contribution is 5.78. The second kappa shape index (κ2) is 4.12. The standard InChI is InChI=1S/C9H13N5O/c10-7-2-3-8(14-13-7)11-5-6-1-4-9(15)12-6/h2-3,6H,1,4-5H2,(H2,10,13)(H,11,14)(H,12,15). The van der Waals surface area contributed by atoms with Crippen LogP contribution in [-0.4, -0.2) is 28.7 Å². The Hall–Kier alpha value is -1.85. The van der Waals surface area contributed by atoms with Crippen molar-refractivity contribution in [3.05, 3.63) is 12.1 Å². The smallest absolute Gasteiger partial charge is 0.220 e. The monoisotopic (exact) mass is 207 g/mol. The van der Waals surface area contributed by atoms with Gasteiger partial charge in [0.15, 0.2) is 0 Å². The van der Waals surface area contributed by atoms with Crippen LogP contribution in [0.4, 0.5) is 11.6 Å². The van der Waals surface area contributed by atoms with Crippen molar-refractivity contribution < 1.29 is 4.79 Å². The molecular weight excluding hydrogens is 194 g/mol. The van der Waals surface area contributed by atoms with Gasteiger partial charge in [-0.3, -0.25) is 4.79 Å². The summed E-state index contributed by atoms with van der Waals surface area (Å²) in [5, 5.41) is 13.5. The zero-order valence-corrected chi connectivity index (χ0v) is 8.23. The maximum atomic E-state index is 10.9. The first-order valence-corrected chi connectivity index (χ1v) is 4.86. The summed E-state index contributed by atoms with van der Waals surface area (Å²) < 4.78 is 0. The molecule has 2 rings (SSSR count). The van der Waals surface area contributed by atoms with Crippen molar-refractivity contribution in [1.29, 1.82) is 0 Å². The van der Waals surface area contributed by atoms with Crippen molar-refractivity contribution >= 4 is 17.5 Å². The van der Waals surface area contributed by atoms with Crippen molar-refractivity contribution in [1.82, 2.24) is 15.5 Å². The number of nitrogens with one attached hydrogen (secondary N) is 2. The van der Waals surface area contributed by atoms with Crippen LogP contribution in [0.2, 0.25) is 0 Å². The number of hydrogen-bond donors (Lipinski definition) is 3. The topological polar surface area (TPSA) is 92.9 Å². The van der Waals surface area contributed by atoms with Gasteiger partial charge in [-0.25, -0.2) is 0 Å². The van der Waals surface area contributed by atoms with Gasteiger partial charge in [0, 0.05) is 19.0 Å². The first-order valence-electron chi connectivity index (χ1n) is 4.86. The third kappa shape index (κ3) is 2.55. The van der Waals surface area contributed by atoms with E-state index >= 15 is 0 Å². The van der Waals surface area contributed by atoms with Gasteiger partial charge in [-0.1, -0.05) is 0 Å². The molecule has 0 radical (unpaired) electrons. The van der Waals surface area contributed by atoms with Crippen LogP contribution in [0.15, 0.2) is 12.1 Å². The van der Waals surface area contributed by atoms with E-state index in [9.17, 15) is 4.79 Å². The number of nitrogen functional groups attached to an aromatic ring is 1. The maximum absolute atomic E-state index is 10.9. The van der Waals surface area contributed by atoms with E-state index in [-0.39, 0.29) is 11.9 Å². The van der Waals surface area contributed by atoms with Crippen LogP contribution in [-0.2, 0) is 4.79 Å². The van der Waals surface area contributed by atoms with E-state index in [1.54, 1.807) is 12.1 Å². The quantitative estimate of drug-likeness (QED) is 0.635. The minimum absolute atomic E-state index is 0.116. The van der Waals surface area contributed by atoms with Gasteiger partial charge in [0.1, 0.15) is 11.6 Å². The molecule has 1 atom stereocenters. The highest BCUT2D eigenvalue weighted by atomic mass is 16.1. The number of anilines is 2. The van der Waals surface area contributed by atoms with Crippen LogP contribution in [0.1, 0.15) is 12.8 Å². The molecule has 1 aliphatic heterocycles. The van der Waals surface area contributed by atoms with Crippen molar-refractivity contribution in [2.45, 2.75) is 18.9 Å². The van der Waals surface area contributed by atoms with Gasteiger partial charge in [0.2, 0.25) is 5.91 Å². The van der Waals surface area contributed by atoms with Crippen molar-refractivity contribution in [2.75, 3.05) is 17.6 Å². The van der Waals surface area contributed by atoms with Crippen molar-refractivity contribution in [2.24, 2.45) is 0 Å². The molecule has 1 unspecified atom stereocenters. The Balaban J connectivity index is 1.83. The third-order valence-electron chi connectivity index (χ3n) is 2.30. The fourth-order valence-electron chi connectivity index (χ4n) is 1.50. The number of amides is 1. The molecular formula is C9H13N5O. The maximum Gasteiger partial charge on any atom is 0.220 e. The zero-order chi connectivity index (χ0) is 10.7. The van der Waals surface area contributed by atoms with Crippen LogP contribution >= 0.6 is 0 Å². The number of hydrogen-bond acceptors (Lipinski definition) is 5. The molecule has 1 fully saturated rings. The third-order valence-corrected chi connectivity index (χ3v) is 2.30.